The third kappa shape index (κ3) is 2.94. The molecule has 0 aliphatic rings. The molecule has 0 aliphatic heterocycles. The molecular formula is C11H14ClN5. The maximum atomic E-state index is 5.93. The van der Waals surface area contributed by atoms with E-state index in [0.717, 1.165) is 17.9 Å². The average Bonchev–Trinajstić information content (AvgIpc) is 2.77. The molecule has 0 amide bonds. The summed E-state index contributed by atoms with van der Waals surface area (Å²) in [6, 6.07) is 0.230. The van der Waals surface area contributed by atoms with Crippen molar-refractivity contribution < 1.29 is 0 Å². The molecule has 1 unspecified atom stereocenters. The van der Waals surface area contributed by atoms with Crippen LogP contribution in [0.15, 0.2) is 25.0 Å². The van der Waals surface area contributed by atoms with Gasteiger partial charge < -0.3 is 9.88 Å². The molecule has 2 rings (SSSR count). The van der Waals surface area contributed by atoms with E-state index in [2.05, 4.69) is 27.2 Å². The van der Waals surface area contributed by atoms with Crippen molar-refractivity contribution in [1.82, 2.24) is 19.5 Å². The van der Waals surface area contributed by atoms with Gasteiger partial charge in [-0.05, 0) is 13.8 Å². The van der Waals surface area contributed by atoms with Crippen LogP contribution in [0.2, 0.25) is 5.15 Å². The van der Waals surface area contributed by atoms with Crippen molar-refractivity contribution in [2.45, 2.75) is 26.4 Å². The fourth-order valence-electron chi connectivity index (χ4n) is 1.56. The van der Waals surface area contributed by atoms with Gasteiger partial charge in [0.2, 0.25) is 0 Å². The first kappa shape index (κ1) is 11.9. The fourth-order valence-corrected chi connectivity index (χ4v) is 1.70. The van der Waals surface area contributed by atoms with Crippen LogP contribution in [-0.2, 0) is 6.54 Å². The van der Waals surface area contributed by atoms with Crippen LogP contribution < -0.4 is 5.32 Å². The molecule has 1 atom stereocenters. The topological polar surface area (TPSA) is 55.6 Å². The van der Waals surface area contributed by atoms with E-state index in [-0.39, 0.29) is 6.04 Å². The van der Waals surface area contributed by atoms with E-state index in [1.165, 1.54) is 6.33 Å². The summed E-state index contributed by atoms with van der Waals surface area (Å²) in [5.74, 6) is 0.776. The molecule has 2 aromatic rings. The number of hydrogen-bond donors (Lipinski definition) is 1. The number of imidazole rings is 1. The molecule has 0 bridgehead atoms. The van der Waals surface area contributed by atoms with Crippen molar-refractivity contribution in [3.63, 3.8) is 0 Å². The third-order valence-electron chi connectivity index (χ3n) is 2.45. The Morgan fingerprint density at radius 3 is 3.00 bits per heavy atom. The van der Waals surface area contributed by atoms with Crippen molar-refractivity contribution in [1.29, 1.82) is 0 Å². The van der Waals surface area contributed by atoms with E-state index in [4.69, 9.17) is 11.6 Å². The lowest BCUT2D eigenvalue weighted by Crippen LogP contribution is -2.22. The highest BCUT2D eigenvalue weighted by atomic mass is 35.5. The zero-order chi connectivity index (χ0) is 12.3. The molecule has 2 heterocycles. The Morgan fingerprint density at radius 1 is 1.47 bits per heavy atom. The second-order valence-electron chi connectivity index (χ2n) is 3.94. The highest BCUT2D eigenvalue weighted by Gasteiger charge is 2.08. The molecule has 0 fully saturated rings. The van der Waals surface area contributed by atoms with Crippen molar-refractivity contribution in [3.8, 4) is 0 Å². The minimum atomic E-state index is 0.230. The summed E-state index contributed by atoms with van der Waals surface area (Å²) in [5.41, 5.74) is 0.867. The Morgan fingerprint density at radius 2 is 2.29 bits per heavy atom. The first-order valence-corrected chi connectivity index (χ1v) is 5.74. The van der Waals surface area contributed by atoms with Crippen LogP contribution in [0.5, 0.6) is 0 Å². The number of hydrogen-bond acceptors (Lipinski definition) is 4. The van der Waals surface area contributed by atoms with E-state index in [0.29, 0.717) is 5.15 Å². The minimum Gasteiger partial charge on any atom is -0.365 e. The van der Waals surface area contributed by atoms with Crippen molar-refractivity contribution in [2.24, 2.45) is 0 Å². The van der Waals surface area contributed by atoms with Gasteiger partial charge in [0.15, 0.2) is 0 Å². The number of rotatable bonds is 4. The van der Waals surface area contributed by atoms with Crippen LogP contribution >= 0.6 is 11.6 Å². The van der Waals surface area contributed by atoms with Gasteiger partial charge in [0.1, 0.15) is 17.3 Å². The first-order chi connectivity index (χ1) is 8.16. The summed E-state index contributed by atoms with van der Waals surface area (Å²) in [7, 11) is 0. The predicted octanol–water partition coefficient (Wildman–Crippen LogP) is 2.14. The zero-order valence-electron chi connectivity index (χ0n) is 9.76. The minimum absolute atomic E-state index is 0.230. The van der Waals surface area contributed by atoms with Gasteiger partial charge in [-0.25, -0.2) is 15.0 Å². The van der Waals surface area contributed by atoms with E-state index in [9.17, 15) is 0 Å². The van der Waals surface area contributed by atoms with E-state index < -0.39 is 0 Å². The standard InChI is InChI=1S/C11H14ClN5/c1-8(5-17-4-3-13-7-17)16-11-9(2)10(12)14-6-15-11/h3-4,6-8H,5H2,1-2H3,(H,14,15,16). The van der Waals surface area contributed by atoms with Gasteiger partial charge in [0, 0.05) is 30.5 Å². The second-order valence-corrected chi connectivity index (χ2v) is 4.30. The van der Waals surface area contributed by atoms with E-state index in [1.54, 1.807) is 12.5 Å². The smallest absolute Gasteiger partial charge is 0.137 e. The lowest BCUT2D eigenvalue weighted by molar-refractivity contribution is 0.616. The van der Waals surface area contributed by atoms with Gasteiger partial charge >= 0.3 is 0 Å². The van der Waals surface area contributed by atoms with Crippen molar-refractivity contribution >= 4 is 17.4 Å². The normalized spacial score (nSPS) is 12.4. The monoisotopic (exact) mass is 251 g/mol. The average molecular weight is 252 g/mol. The van der Waals surface area contributed by atoms with Crippen molar-refractivity contribution in [2.75, 3.05) is 5.32 Å². The third-order valence-corrected chi connectivity index (χ3v) is 2.83. The molecule has 0 saturated heterocycles. The maximum absolute atomic E-state index is 5.93. The molecular weight excluding hydrogens is 238 g/mol. The van der Waals surface area contributed by atoms with Crippen LogP contribution in [-0.4, -0.2) is 25.6 Å². The Balaban J connectivity index is 2.03. The zero-order valence-corrected chi connectivity index (χ0v) is 10.5. The molecule has 0 radical (unpaired) electrons. The predicted molar refractivity (Wildman–Crippen MR) is 67.1 cm³/mol. The van der Waals surface area contributed by atoms with Gasteiger partial charge in [-0.3, -0.25) is 0 Å². The van der Waals surface area contributed by atoms with Gasteiger partial charge in [-0.2, -0.15) is 0 Å². The van der Waals surface area contributed by atoms with Crippen LogP contribution in [0.3, 0.4) is 0 Å². The SMILES string of the molecule is Cc1c(Cl)ncnc1NC(C)Cn1ccnc1. The highest BCUT2D eigenvalue weighted by Crippen LogP contribution is 2.18. The molecule has 5 nitrogen and oxygen atoms in total. The largest absolute Gasteiger partial charge is 0.365 e. The molecule has 0 aromatic carbocycles. The quantitative estimate of drug-likeness (QED) is 0.846. The fraction of sp³-hybridized carbons (Fsp3) is 0.364. The molecule has 0 saturated carbocycles. The van der Waals surface area contributed by atoms with Crippen LogP contribution in [0.4, 0.5) is 5.82 Å². The van der Waals surface area contributed by atoms with Crippen molar-refractivity contribution in [3.05, 3.63) is 35.8 Å². The van der Waals surface area contributed by atoms with Gasteiger partial charge in [-0.1, -0.05) is 11.6 Å². The summed E-state index contributed by atoms with van der Waals surface area (Å²) in [4.78, 5) is 12.1. The number of nitrogens with zero attached hydrogens (tertiary/aromatic N) is 4. The van der Waals surface area contributed by atoms with Crippen LogP contribution in [0.25, 0.3) is 0 Å². The highest BCUT2D eigenvalue weighted by molar-refractivity contribution is 6.30. The summed E-state index contributed by atoms with van der Waals surface area (Å²) >= 11 is 5.93. The summed E-state index contributed by atoms with van der Waals surface area (Å²) < 4.78 is 2.01. The van der Waals surface area contributed by atoms with Gasteiger partial charge in [0.25, 0.3) is 0 Å². The Bertz CT molecular complexity index is 483. The lowest BCUT2D eigenvalue weighted by atomic mass is 10.3. The molecule has 2 aromatic heterocycles. The maximum Gasteiger partial charge on any atom is 0.137 e. The van der Waals surface area contributed by atoms with E-state index in [1.807, 2.05) is 17.7 Å². The summed E-state index contributed by atoms with van der Waals surface area (Å²) in [6.07, 6.45) is 6.94. The molecule has 0 spiro atoms. The Labute approximate surface area is 105 Å². The number of halogens is 1. The lowest BCUT2D eigenvalue weighted by Gasteiger charge is -2.16. The van der Waals surface area contributed by atoms with Gasteiger partial charge in [-0.15, -0.1) is 0 Å². The van der Waals surface area contributed by atoms with Gasteiger partial charge in [0.05, 0.1) is 6.33 Å². The first-order valence-electron chi connectivity index (χ1n) is 5.36. The second kappa shape index (κ2) is 5.14. The molecule has 1 N–H and O–H groups in total. The van der Waals surface area contributed by atoms with Crippen LogP contribution in [0.1, 0.15) is 12.5 Å². The summed E-state index contributed by atoms with van der Waals surface area (Å²) in [5, 5.41) is 3.79. The number of nitrogens with one attached hydrogen (secondary N) is 1. The molecule has 0 aliphatic carbocycles. The molecule has 90 valence electrons. The number of aromatic nitrogens is 4. The number of anilines is 1. The summed E-state index contributed by atoms with van der Waals surface area (Å²) in [6.45, 7) is 4.80. The van der Waals surface area contributed by atoms with Crippen LogP contribution in [0, 0.1) is 6.92 Å². The molecule has 17 heavy (non-hydrogen) atoms. The Hall–Kier alpha value is -1.62. The Kier molecular flexibility index (Phi) is 3.58. The van der Waals surface area contributed by atoms with E-state index >= 15 is 0 Å². The molecule has 6 heteroatoms.